The van der Waals surface area contributed by atoms with E-state index in [-0.39, 0.29) is 24.5 Å². The van der Waals surface area contributed by atoms with Gasteiger partial charge in [0, 0.05) is 32.2 Å². The quantitative estimate of drug-likeness (QED) is 0.418. The molecule has 2 amide bonds. The Labute approximate surface area is 253 Å². The van der Waals surface area contributed by atoms with Crippen molar-refractivity contribution in [3.63, 3.8) is 0 Å². The minimum absolute atomic E-state index is 0.0378. The predicted molar refractivity (Wildman–Crippen MR) is 159 cm³/mol. The molecular formula is C32H43N3O8. The van der Waals surface area contributed by atoms with Crippen LogP contribution in [0.1, 0.15) is 43.7 Å². The van der Waals surface area contributed by atoms with Crippen molar-refractivity contribution < 1.29 is 38.0 Å². The Morgan fingerprint density at radius 2 is 1.65 bits per heavy atom. The highest BCUT2D eigenvalue weighted by Gasteiger charge is 2.39. The van der Waals surface area contributed by atoms with Crippen LogP contribution in [0.15, 0.2) is 36.4 Å². The average molecular weight is 598 g/mol. The van der Waals surface area contributed by atoms with Gasteiger partial charge in [-0.3, -0.25) is 14.5 Å². The SMILES string of the molecule is COc1cc([C@@H](C(=O)NC2CCCCC2)N(CCN2CCOCC2)C(=O)[C@@H]2COc3ccccc3O2)cc(OC)c1OC. The summed E-state index contributed by atoms with van der Waals surface area (Å²) in [6, 6.07) is 9.83. The number of nitrogens with one attached hydrogen (secondary N) is 1. The summed E-state index contributed by atoms with van der Waals surface area (Å²) in [5, 5.41) is 3.26. The van der Waals surface area contributed by atoms with Crippen molar-refractivity contribution in [1.82, 2.24) is 15.1 Å². The van der Waals surface area contributed by atoms with E-state index in [1.807, 2.05) is 18.2 Å². The van der Waals surface area contributed by atoms with E-state index < -0.39 is 12.1 Å². The summed E-state index contributed by atoms with van der Waals surface area (Å²) in [5.41, 5.74) is 0.551. The molecule has 2 aromatic carbocycles. The van der Waals surface area contributed by atoms with Crippen LogP contribution in [-0.4, -0.2) is 101 Å². The smallest absolute Gasteiger partial charge is 0.268 e. The van der Waals surface area contributed by atoms with Gasteiger partial charge in [0.25, 0.3) is 5.91 Å². The van der Waals surface area contributed by atoms with Crippen molar-refractivity contribution in [2.75, 3.05) is 67.3 Å². The lowest BCUT2D eigenvalue weighted by molar-refractivity contribution is -0.149. The third-order valence-corrected chi connectivity index (χ3v) is 8.34. The Bertz CT molecular complexity index is 1220. The summed E-state index contributed by atoms with van der Waals surface area (Å²) in [4.78, 5) is 32.6. The van der Waals surface area contributed by atoms with Crippen molar-refractivity contribution in [1.29, 1.82) is 0 Å². The number of rotatable bonds is 11. The van der Waals surface area contributed by atoms with E-state index in [9.17, 15) is 9.59 Å². The van der Waals surface area contributed by atoms with Crippen molar-refractivity contribution in [3.05, 3.63) is 42.0 Å². The minimum Gasteiger partial charge on any atom is -0.493 e. The number of fused-ring (bicyclic) bond motifs is 1. The summed E-state index contributed by atoms with van der Waals surface area (Å²) in [6.07, 6.45) is 4.18. The molecule has 3 aliphatic rings. The third kappa shape index (κ3) is 7.27. The van der Waals surface area contributed by atoms with Crippen LogP contribution in [0, 0.1) is 0 Å². The van der Waals surface area contributed by atoms with Gasteiger partial charge in [0.2, 0.25) is 17.8 Å². The zero-order valence-electron chi connectivity index (χ0n) is 25.3. The van der Waals surface area contributed by atoms with Crippen molar-refractivity contribution in [2.24, 2.45) is 0 Å². The molecule has 2 aliphatic heterocycles. The molecule has 2 heterocycles. The minimum atomic E-state index is -0.982. The number of amides is 2. The number of hydrogen-bond acceptors (Lipinski definition) is 9. The molecule has 1 saturated carbocycles. The highest BCUT2D eigenvalue weighted by molar-refractivity contribution is 5.91. The number of hydrogen-bond donors (Lipinski definition) is 1. The fourth-order valence-electron chi connectivity index (χ4n) is 6.03. The highest BCUT2D eigenvalue weighted by atomic mass is 16.6. The van der Waals surface area contributed by atoms with E-state index in [1.165, 1.54) is 21.3 Å². The standard InChI is InChI=1S/C32H43N3O8/c1-38-26-19-22(20-27(39-2)30(26)40-3)29(31(36)33-23-9-5-4-6-10-23)35(14-13-34-15-17-41-18-16-34)32(37)28-21-42-24-11-7-8-12-25(24)43-28/h7-8,11-12,19-20,23,28-29H,4-6,9-10,13-18,21H2,1-3H3,(H,33,36)/t28-,29-/m0/s1. The molecule has 11 nitrogen and oxygen atoms in total. The number of benzene rings is 2. The molecule has 0 radical (unpaired) electrons. The summed E-state index contributed by atoms with van der Waals surface area (Å²) in [6.45, 7) is 3.65. The van der Waals surface area contributed by atoms with E-state index in [2.05, 4.69) is 10.2 Å². The maximum atomic E-state index is 14.4. The van der Waals surface area contributed by atoms with Gasteiger partial charge >= 0.3 is 0 Å². The first-order chi connectivity index (χ1) is 21.0. The van der Waals surface area contributed by atoms with Crippen molar-refractivity contribution in [3.8, 4) is 28.7 Å². The Morgan fingerprint density at radius 1 is 0.977 bits per heavy atom. The number of nitrogens with zero attached hydrogens (tertiary/aromatic N) is 2. The van der Waals surface area contributed by atoms with E-state index in [1.54, 1.807) is 23.1 Å². The van der Waals surface area contributed by atoms with Crippen molar-refractivity contribution >= 4 is 11.8 Å². The van der Waals surface area contributed by atoms with Crippen LogP contribution in [0.5, 0.6) is 28.7 Å². The molecule has 0 unspecified atom stereocenters. The van der Waals surface area contributed by atoms with Gasteiger partial charge in [-0.15, -0.1) is 0 Å². The monoisotopic (exact) mass is 597 g/mol. The van der Waals surface area contributed by atoms with Crippen LogP contribution in [0.25, 0.3) is 0 Å². The molecule has 1 aliphatic carbocycles. The molecule has 0 bridgehead atoms. The van der Waals surface area contributed by atoms with Crippen LogP contribution in [0.4, 0.5) is 0 Å². The summed E-state index contributed by atoms with van der Waals surface area (Å²) < 4.78 is 34.4. The topological polar surface area (TPSA) is 108 Å². The summed E-state index contributed by atoms with van der Waals surface area (Å²) in [5.74, 6) is 1.71. The lowest BCUT2D eigenvalue weighted by Crippen LogP contribution is -2.54. The normalized spacial score (nSPS) is 19.7. The van der Waals surface area contributed by atoms with Crippen LogP contribution in [-0.2, 0) is 14.3 Å². The first kappa shape index (κ1) is 30.7. The molecule has 2 aromatic rings. The van der Waals surface area contributed by atoms with Gasteiger partial charge in [-0.1, -0.05) is 31.4 Å². The predicted octanol–water partition coefficient (Wildman–Crippen LogP) is 3.20. The molecule has 5 rings (SSSR count). The molecule has 1 N–H and O–H groups in total. The van der Waals surface area contributed by atoms with Crippen LogP contribution < -0.4 is 29.0 Å². The zero-order valence-corrected chi connectivity index (χ0v) is 25.3. The molecule has 2 atom stereocenters. The second kappa shape index (κ2) is 14.7. The second-order valence-electron chi connectivity index (χ2n) is 11.1. The molecular weight excluding hydrogens is 554 g/mol. The van der Waals surface area contributed by atoms with Gasteiger partial charge in [0.15, 0.2) is 23.0 Å². The second-order valence-corrected chi connectivity index (χ2v) is 11.1. The van der Waals surface area contributed by atoms with Crippen LogP contribution >= 0.6 is 0 Å². The van der Waals surface area contributed by atoms with E-state index >= 15 is 0 Å². The maximum Gasteiger partial charge on any atom is 0.268 e. The van der Waals surface area contributed by atoms with Crippen LogP contribution in [0.2, 0.25) is 0 Å². The molecule has 43 heavy (non-hydrogen) atoms. The largest absolute Gasteiger partial charge is 0.493 e. The van der Waals surface area contributed by atoms with Gasteiger partial charge in [0.05, 0.1) is 34.5 Å². The molecule has 11 heteroatoms. The Balaban J connectivity index is 1.53. The summed E-state index contributed by atoms with van der Waals surface area (Å²) >= 11 is 0. The number of para-hydroxylation sites is 2. The van der Waals surface area contributed by atoms with Crippen LogP contribution in [0.3, 0.4) is 0 Å². The van der Waals surface area contributed by atoms with Gasteiger partial charge in [0.1, 0.15) is 12.6 Å². The van der Waals surface area contributed by atoms with E-state index in [0.29, 0.717) is 60.6 Å². The van der Waals surface area contributed by atoms with Gasteiger partial charge in [-0.25, -0.2) is 0 Å². The number of morpholine rings is 1. The average Bonchev–Trinajstić information content (AvgIpc) is 3.06. The van der Waals surface area contributed by atoms with E-state index in [4.69, 9.17) is 28.4 Å². The molecule has 2 fully saturated rings. The first-order valence-electron chi connectivity index (χ1n) is 15.1. The fourth-order valence-corrected chi connectivity index (χ4v) is 6.03. The molecule has 1 saturated heterocycles. The fraction of sp³-hybridized carbons (Fsp3) is 0.562. The Morgan fingerprint density at radius 3 is 2.30 bits per heavy atom. The third-order valence-electron chi connectivity index (χ3n) is 8.34. The van der Waals surface area contributed by atoms with Gasteiger partial charge in [-0.05, 0) is 42.7 Å². The number of carbonyl (C=O) groups excluding carboxylic acids is 2. The number of methoxy groups -OCH3 is 3. The highest BCUT2D eigenvalue weighted by Crippen LogP contribution is 2.41. The molecule has 0 aromatic heterocycles. The summed E-state index contributed by atoms with van der Waals surface area (Å²) in [7, 11) is 4.60. The Kier molecular flexibility index (Phi) is 10.5. The maximum absolute atomic E-state index is 14.4. The lowest BCUT2D eigenvalue weighted by atomic mass is 9.94. The number of ether oxygens (including phenoxy) is 6. The van der Waals surface area contributed by atoms with Gasteiger partial charge < -0.3 is 38.6 Å². The van der Waals surface area contributed by atoms with E-state index in [0.717, 1.165) is 45.2 Å². The zero-order chi connectivity index (χ0) is 30.2. The lowest BCUT2D eigenvalue weighted by Gasteiger charge is -2.38. The van der Waals surface area contributed by atoms with Crippen molar-refractivity contribution in [2.45, 2.75) is 50.3 Å². The molecule has 0 spiro atoms. The first-order valence-corrected chi connectivity index (χ1v) is 15.1. The van der Waals surface area contributed by atoms with Gasteiger partial charge in [-0.2, -0.15) is 0 Å². The molecule has 234 valence electrons. The Hall–Kier alpha value is -3.70. The number of carbonyl (C=O) groups is 2.